The minimum absolute atomic E-state index is 0.145. The molecule has 3 rings (SSSR count). The van der Waals surface area contributed by atoms with E-state index in [1.165, 1.54) is 35.2 Å². The standard InChI is InChI=1S/C16H8BrFN2O3S2/c17-10-4-5-13(18)9(6-10)7-14-15(21)19(16(24)25-14)11-2-1-3-12(8-11)20(22)23/h1-8H. The maximum atomic E-state index is 13.9. The van der Waals surface area contributed by atoms with Gasteiger partial charge in [-0.05, 0) is 30.3 Å². The van der Waals surface area contributed by atoms with Gasteiger partial charge in [0.1, 0.15) is 5.82 Å². The summed E-state index contributed by atoms with van der Waals surface area (Å²) >= 11 is 9.49. The molecule has 1 fully saturated rings. The first-order chi connectivity index (χ1) is 11.9. The van der Waals surface area contributed by atoms with Crippen LogP contribution in [0, 0.1) is 15.9 Å². The third-order valence-electron chi connectivity index (χ3n) is 3.34. The van der Waals surface area contributed by atoms with E-state index < -0.39 is 16.6 Å². The number of anilines is 1. The summed E-state index contributed by atoms with van der Waals surface area (Å²) in [5, 5.41) is 10.9. The number of nitro groups is 1. The first-order valence-electron chi connectivity index (χ1n) is 6.84. The van der Waals surface area contributed by atoms with E-state index in [1.54, 1.807) is 18.2 Å². The summed E-state index contributed by atoms with van der Waals surface area (Å²) in [6.45, 7) is 0. The van der Waals surface area contributed by atoms with E-state index >= 15 is 0 Å². The summed E-state index contributed by atoms with van der Waals surface area (Å²) in [5.41, 5.74) is 0.400. The van der Waals surface area contributed by atoms with Gasteiger partial charge in [0.05, 0.1) is 15.5 Å². The van der Waals surface area contributed by atoms with Crippen molar-refractivity contribution in [3.05, 3.63) is 73.3 Å². The number of carbonyl (C=O) groups excluding carboxylic acids is 1. The first-order valence-corrected chi connectivity index (χ1v) is 8.86. The second-order valence-electron chi connectivity index (χ2n) is 4.96. The van der Waals surface area contributed by atoms with Crippen molar-refractivity contribution < 1.29 is 14.1 Å². The number of benzene rings is 2. The average Bonchev–Trinajstić information content (AvgIpc) is 2.85. The number of carbonyl (C=O) groups is 1. The molecule has 0 aliphatic carbocycles. The molecular formula is C16H8BrFN2O3S2. The third kappa shape index (κ3) is 3.63. The van der Waals surface area contributed by atoms with E-state index in [2.05, 4.69) is 15.9 Å². The van der Waals surface area contributed by atoms with Crippen LogP contribution in [0.1, 0.15) is 5.56 Å². The molecule has 0 saturated carbocycles. The highest BCUT2D eigenvalue weighted by Gasteiger charge is 2.34. The molecule has 0 bridgehead atoms. The van der Waals surface area contributed by atoms with Crippen LogP contribution in [0.3, 0.4) is 0 Å². The van der Waals surface area contributed by atoms with E-state index in [-0.39, 0.29) is 20.5 Å². The number of amides is 1. The summed E-state index contributed by atoms with van der Waals surface area (Å²) in [5.74, 6) is -0.918. The molecular weight excluding hydrogens is 431 g/mol. The Morgan fingerprint density at radius 2 is 2.04 bits per heavy atom. The second kappa shape index (κ2) is 7.03. The Morgan fingerprint density at radius 3 is 2.76 bits per heavy atom. The van der Waals surface area contributed by atoms with Gasteiger partial charge in [-0.2, -0.15) is 0 Å². The van der Waals surface area contributed by atoms with Gasteiger partial charge in [0, 0.05) is 22.2 Å². The van der Waals surface area contributed by atoms with Crippen molar-refractivity contribution in [2.45, 2.75) is 0 Å². The molecule has 5 nitrogen and oxygen atoms in total. The predicted octanol–water partition coefficient (Wildman–Crippen LogP) is 4.90. The second-order valence-corrected chi connectivity index (χ2v) is 7.55. The molecule has 1 aliphatic heterocycles. The molecule has 2 aromatic carbocycles. The number of non-ortho nitro benzene ring substituents is 1. The Bertz CT molecular complexity index is 949. The van der Waals surface area contributed by atoms with E-state index in [9.17, 15) is 19.3 Å². The van der Waals surface area contributed by atoms with Crippen molar-refractivity contribution in [3.8, 4) is 0 Å². The van der Waals surface area contributed by atoms with Crippen LogP contribution in [-0.4, -0.2) is 15.2 Å². The van der Waals surface area contributed by atoms with Crippen LogP contribution >= 0.6 is 39.9 Å². The van der Waals surface area contributed by atoms with E-state index in [4.69, 9.17) is 12.2 Å². The van der Waals surface area contributed by atoms with Crippen molar-refractivity contribution in [2.75, 3.05) is 4.90 Å². The Labute approximate surface area is 159 Å². The molecule has 1 aliphatic rings. The number of thiocarbonyl (C=S) groups is 1. The lowest BCUT2D eigenvalue weighted by atomic mass is 10.2. The van der Waals surface area contributed by atoms with Crippen molar-refractivity contribution in [1.82, 2.24) is 0 Å². The lowest BCUT2D eigenvalue weighted by Gasteiger charge is -2.13. The van der Waals surface area contributed by atoms with Crippen LogP contribution < -0.4 is 4.90 Å². The fraction of sp³-hybridized carbons (Fsp3) is 0. The van der Waals surface area contributed by atoms with Crippen LogP contribution in [0.2, 0.25) is 0 Å². The summed E-state index contributed by atoms with van der Waals surface area (Å²) in [7, 11) is 0. The molecule has 0 atom stereocenters. The quantitative estimate of drug-likeness (QED) is 0.295. The fourth-order valence-electron chi connectivity index (χ4n) is 2.20. The van der Waals surface area contributed by atoms with Crippen LogP contribution in [-0.2, 0) is 4.79 Å². The Kier molecular flexibility index (Phi) is 4.98. The summed E-state index contributed by atoms with van der Waals surface area (Å²) in [6.07, 6.45) is 1.41. The average molecular weight is 439 g/mol. The zero-order valence-electron chi connectivity index (χ0n) is 12.3. The van der Waals surface area contributed by atoms with Gasteiger partial charge in [-0.15, -0.1) is 0 Å². The van der Waals surface area contributed by atoms with Crippen molar-refractivity contribution >= 4 is 67.6 Å². The lowest BCUT2D eigenvalue weighted by molar-refractivity contribution is -0.384. The third-order valence-corrected chi connectivity index (χ3v) is 5.13. The van der Waals surface area contributed by atoms with E-state index in [0.29, 0.717) is 10.2 Å². The van der Waals surface area contributed by atoms with E-state index in [1.807, 2.05) is 0 Å². The van der Waals surface area contributed by atoms with Crippen molar-refractivity contribution in [3.63, 3.8) is 0 Å². The van der Waals surface area contributed by atoms with Gasteiger partial charge in [0.15, 0.2) is 4.32 Å². The molecule has 1 amide bonds. The number of rotatable bonds is 3. The Morgan fingerprint density at radius 1 is 1.28 bits per heavy atom. The maximum Gasteiger partial charge on any atom is 0.271 e. The summed E-state index contributed by atoms with van der Waals surface area (Å²) in [4.78, 5) is 24.5. The highest BCUT2D eigenvalue weighted by Crippen LogP contribution is 2.37. The number of hydrogen-bond acceptors (Lipinski definition) is 5. The van der Waals surface area contributed by atoms with Crippen LogP contribution in [0.15, 0.2) is 51.8 Å². The van der Waals surface area contributed by atoms with Gasteiger partial charge in [-0.3, -0.25) is 19.8 Å². The minimum Gasteiger partial charge on any atom is -0.268 e. The molecule has 126 valence electrons. The van der Waals surface area contributed by atoms with Gasteiger partial charge in [-0.25, -0.2) is 4.39 Å². The van der Waals surface area contributed by atoms with Gasteiger partial charge in [0.2, 0.25) is 0 Å². The normalized spacial score (nSPS) is 15.9. The number of thioether (sulfide) groups is 1. The van der Waals surface area contributed by atoms with Crippen molar-refractivity contribution in [1.29, 1.82) is 0 Å². The first kappa shape index (κ1) is 17.7. The van der Waals surface area contributed by atoms with Crippen LogP contribution in [0.4, 0.5) is 15.8 Å². The molecule has 0 unspecified atom stereocenters. The predicted molar refractivity (Wildman–Crippen MR) is 103 cm³/mol. The largest absolute Gasteiger partial charge is 0.271 e. The van der Waals surface area contributed by atoms with E-state index in [0.717, 1.165) is 11.8 Å². The Balaban J connectivity index is 1.98. The molecule has 0 N–H and O–H groups in total. The number of halogens is 2. The molecule has 0 spiro atoms. The summed E-state index contributed by atoms with van der Waals surface area (Å²) in [6, 6.07) is 10.0. The highest BCUT2D eigenvalue weighted by molar-refractivity contribution is 9.10. The zero-order chi connectivity index (χ0) is 18.1. The maximum absolute atomic E-state index is 13.9. The van der Waals surface area contributed by atoms with Crippen LogP contribution in [0.25, 0.3) is 6.08 Å². The number of hydrogen-bond donors (Lipinski definition) is 0. The SMILES string of the molecule is O=C1C(=Cc2cc(Br)ccc2F)SC(=S)N1c1cccc([N+](=O)[O-])c1. The number of nitro benzene ring substituents is 1. The smallest absolute Gasteiger partial charge is 0.268 e. The van der Waals surface area contributed by atoms with Crippen LogP contribution in [0.5, 0.6) is 0 Å². The molecule has 9 heteroatoms. The molecule has 1 saturated heterocycles. The topological polar surface area (TPSA) is 63.5 Å². The molecule has 0 radical (unpaired) electrons. The number of nitrogens with zero attached hydrogens (tertiary/aromatic N) is 2. The molecule has 25 heavy (non-hydrogen) atoms. The zero-order valence-corrected chi connectivity index (χ0v) is 15.5. The fourth-order valence-corrected chi connectivity index (χ4v) is 3.87. The highest BCUT2D eigenvalue weighted by atomic mass is 79.9. The Hall–Kier alpha value is -2.10. The summed E-state index contributed by atoms with van der Waals surface area (Å²) < 4.78 is 14.8. The molecule has 2 aromatic rings. The van der Waals surface area contributed by atoms with Gasteiger partial charge >= 0.3 is 0 Å². The minimum atomic E-state index is -0.548. The monoisotopic (exact) mass is 438 g/mol. The van der Waals surface area contributed by atoms with Gasteiger partial charge in [-0.1, -0.05) is 46.0 Å². The van der Waals surface area contributed by atoms with Gasteiger partial charge < -0.3 is 0 Å². The van der Waals surface area contributed by atoms with Gasteiger partial charge in [0.25, 0.3) is 11.6 Å². The molecule has 1 heterocycles. The lowest BCUT2D eigenvalue weighted by Crippen LogP contribution is -2.27. The molecule has 0 aromatic heterocycles. The van der Waals surface area contributed by atoms with Crippen molar-refractivity contribution in [2.24, 2.45) is 0 Å².